The molecule has 0 unspecified atom stereocenters. The third-order valence-electron chi connectivity index (χ3n) is 3.99. The predicted molar refractivity (Wildman–Crippen MR) is 90.0 cm³/mol. The van der Waals surface area contributed by atoms with Gasteiger partial charge in [-0.1, -0.05) is 11.6 Å². The van der Waals surface area contributed by atoms with Crippen molar-refractivity contribution in [2.24, 2.45) is 0 Å². The lowest BCUT2D eigenvalue weighted by Gasteiger charge is -2.17. The molecule has 0 radical (unpaired) electrons. The van der Waals surface area contributed by atoms with E-state index in [2.05, 4.69) is 4.98 Å². The van der Waals surface area contributed by atoms with Crippen LogP contribution in [0.15, 0.2) is 21.7 Å². The van der Waals surface area contributed by atoms with Crippen LogP contribution in [-0.2, 0) is 12.8 Å². The second-order valence-corrected chi connectivity index (χ2v) is 6.54. The first-order valence-corrected chi connectivity index (χ1v) is 8.29. The Balaban J connectivity index is 2.23. The molecule has 0 amide bonds. The maximum atomic E-state index is 14.4. The summed E-state index contributed by atoms with van der Waals surface area (Å²) in [6, 6.07) is 2.35. The van der Waals surface area contributed by atoms with Gasteiger partial charge in [0.25, 0.3) is 5.56 Å². The minimum Gasteiger partial charge on any atom is -0.489 e. The van der Waals surface area contributed by atoms with Gasteiger partial charge in [0.1, 0.15) is 11.6 Å². The molecule has 0 atom stereocenters. The van der Waals surface area contributed by atoms with Gasteiger partial charge in [-0.3, -0.25) is 4.79 Å². The molecule has 3 rings (SSSR count). The van der Waals surface area contributed by atoms with E-state index in [-0.39, 0.29) is 22.6 Å². The smallest absolute Gasteiger partial charge is 0.333 e. The monoisotopic (exact) mass is 352 g/mol. The van der Waals surface area contributed by atoms with Crippen molar-refractivity contribution >= 4 is 11.6 Å². The third-order valence-corrected chi connectivity index (χ3v) is 4.29. The number of aromatic amines is 1. The molecule has 0 fully saturated rings. The number of aryl methyl sites for hydroxylation is 1. The third kappa shape index (κ3) is 2.98. The number of nitrogens with zero attached hydrogens (tertiary/aromatic N) is 1. The zero-order valence-electron chi connectivity index (χ0n) is 13.5. The summed E-state index contributed by atoms with van der Waals surface area (Å²) >= 11 is 5.99. The van der Waals surface area contributed by atoms with Gasteiger partial charge < -0.3 is 9.72 Å². The number of hydrogen-bond acceptors (Lipinski definition) is 3. The molecule has 1 aromatic heterocycles. The van der Waals surface area contributed by atoms with Crippen LogP contribution >= 0.6 is 11.6 Å². The van der Waals surface area contributed by atoms with Crippen LogP contribution in [-0.4, -0.2) is 15.7 Å². The van der Waals surface area contributed by atoms with Gasteiger partial charge in [0.15, 0.2) is 0 Å². The van der Waals surface area contributed by atoms with Gasteiger partial charge in [-0.15, -0.1) is 0 Å². The maximum absolute atomic E-state index is 14.4. The summed E-state index contributed by atoms with van der Waals surface area (Å²) in [6.45, 7) is 3.61. The minimum absolute atomic E-state index is 0.0902. The highest BCUT2D eigenvalue weighted by molar-refractivity contribution is 6.32. The summed E-state index contributed by atoms with van der Waals surface area (Å²) in [5.74, 6) is -0.522. The van der Waals surface area contributed by atoms with Crippen LogP contribution in [0.1, 0.15) is 37.9 Å². The summed E-state index contributed by atoms with van der Waals surface area (Å²) < 4.78 is 20.7. The molecule has 24 heavy (non-hydrogen) atoms. The first kappa shape index (κ1) is 16.8. The highest BCUT2D eigenvalue weighted by Gasteiger charge is 2.21. The molecule has 1 aromatic carbocycles. The lowest BCUT2D eigenvalue weighted by molar-refractivity contribution is 0.242. The van der Waals surface area contributed by atoms with E-state index in [0.717, 1.165) is 23.5 Å². The first-order valence-electron chi connectivity index (χ1n) is 7.91. The van der Waals surface area contributed by atoms with Gasteiger partial charge in [-0.25, -0.2) is 13.8 Å². The van der Waals surface area contributed by atoms with Crippen LogP contribution in [0.5, 0.6) is 5.75 Å². The van der Waals surface area contributed by atoms with Crippen molar-refractivity contribution in [3.8, 4) is 11.4 Å². The van der Waals surface area contributed by atoms with Crippen molar-refractivity contribution in [3.63, 3.8) is 0 Å². The van der Waals surface area contributed by atoms with E-state index in [4.69, 9.17) is 16.3 Å². The van der Waals surface area contributed by atoms with Crippen LogP contribution in [0, 0.1) is 5.82 Å². The van der Waals surface area contributed by atoms with E-state index >= 15 is 0 Å². The number of ether oxygens (including phenoxy) is 1. The molecule has 0 saturated heterocycles. The number of fused-ring (bicyclic) bond motifs is 1. The second kappa shape index (κ2) is 6.43. The van der Waals surface area contributed by atoms with E-state index in [1.54, 1.807) is 13.8 Å². The van der Waals surface area contributed by atoms with E-state index in [9.17, 15) is 14.0 Å². The minimum atomic E-state index is -0.750. The largest absolute Gasteiger partial charge is 0.489 e. The van der Waals surface area contributed by atoms with Crippen molar-refractivity contribution in [3.05, 3.63) is 55.1 Å². The molecule has 5 nitrogen and oxygen atoms in total. The van der Waals surface area contributed by atoms with Gasteiger partial charge >= 0.3 is 5.69 Å². The molecule has 1 heterocycles. The van der Waals surface area contributed by atoms with E-state index in [1.165, 1.54) is 6.07 Å². The summed E-state index contributed by atoms with van der Waals surface area (Å²) in [6.07, 6.45) is 2.85. The highest BCUT2D eigenvalue weighted by atomic mass is 35.5. The molecule has 0 bridgehead atoms. The molecule has 7 heteroatoms. The first-order chi connectivity index (χ1) is 11.4. The Bertz CT molecular complexity index is 902. The Labute approximate surface area is 143 Å². The van der Waals surface area contributed by atoms with Crippen molar-refractivity contribution in [2.75, 3.05) is 0 Å². The summed E-state index contributed by atoms with van der Waals surface area (Å²) in [7, 11) is 0. The number of halogens is 2. The molecule has 1 N–H and O–H groups in total. The number of nitrogens with one attached hydrogen (secondary N) is 1. The molecule has 128 valence electrons. The van der Waals surface area contributed by atoms with Crippen molar-refractivity contribution in [2.45, 2.75) is 45.6 Å². The van der Waals surface area contributed by atoms with Crippen LogP contribution in [0.25, 0.3) is 5.69 Å². The van der Waals surface area contributed by atoms with Crippen LogP contribution in [0.3, 0.4) is 0 Å². The number of benzene rings is 1. The van der Waals surface area contributed by atoms with Crippen LogP contribution < -0.4 is 16.0 Å². The summed E-state index contributed by atoms with van der Waals surface area (Å²) in [4.78, 5) is 27.8. The SMILES string of the molecule is CC(C)Oc1cc(-n2c(=O)[nH]c3c(c2=O)CCCC3)c(F)cc1Cl. The second-order valence-electron chi connectivity index (χ2n) is 6.14. The zero-order valence-corrected chi connectivity index (χ0v) is 14.2. The number of rotatable bonds is 3. The fourth-order valence-electron chi connectivity index (χ4n) is 2.94. The summed E-state index contributed by atoms with van der Waals surface area (Å²) in [5, 5.41) is 0.0902. The standard InChI is InChI=1S/C17H18ClFN2O3/c1-9(2)24-15-8-14(12(19)7-11(15)18)21-16(22)10-5-3-4-6-13(10)20-17(21)23/h7-9H,3-6H2,1-2H3,(H,20,23). The van der Waals surface area contributed by atoms with E-state index in [0.29, 0.717) is 24.1 Å². The number of aromatic nitrogens is 2. The molecule has 1 aliphatic rings. The van der Waals surface area contributed by atoms with Gasteiger partial charge in [-0.2, -0.15) is 0 Å². The van der Waals surface area contributed by atoms with Crippen LogP contribution in [0.4, 0.5) is 4.39 Å². The lowest BCUT2D eigenvalue weighted by Crippen LogP contribution is -2.39. The Morgan fingerprint density at radius 1 is 1.25 bits per heavy atom. The number of hydrogen-bond donors (Lipinski definition) is 1. The Hall–Kier alpha value is -2.08. The molecular weight excluding hydrogens is 335 g/mol. The zero-order chi connectivity index (χ0) is 17.4. The average Bonchev–Trinajstić information content (AvgIpc) is 2.51. The van der Waals surface area contributed by atoms with E-state index < -0.39 is 17.1 Å². The molecule has 0 aliphatic heterocycles. The normalized spacial score (nSPS) is 13.9. The maximum Gasteiger partial charge on any atom is 0.333 e. The summed E-state index contributed by atoms with van der Waals surface area (Å²) in [5.41, 5.74) is -0.0979. The topological polar surface area (TPSA) is 64.1 Å². The van der Waals surface area contributed by atoms with Crippen molar-refractivity contribution in [1.82, 2.24) is 9.55 Å². The molecule has 0 spiro atoms. The number of H-pyrrole nitrogens is 1. The predicted octanol–water partition coefficient (Wildman–Crippen LogP) is 2.98. The quantitative estimate of drug-likeness (QED) is 0.923. The van der Waals surface area contributed by atoms with Crippen molar-refractivity contribution < 1.29 is 9.13 Å². The van der Waals surface area contributed by atoms with Gasteiger partial charge in [0, 0.05) is 17.3 Å². The van der Waals surface area contributed by atoms with Crippen LogP contribution in [0.2, 0.25) is 5.02 Å². The average molecular weight is 353 g/mol. The molecule has 2 aromatic rings. The molecule has 0 saturated carbocycles. The van der Waals surface area contributed by atoms with Gasteiger partial charge in [-0.05, 0) is 45.6 Å². The molecular formula is C17H18ClFN2O3. The highest BCUT2D eigenvalue weighted by Crippen LogP contribution is 2.30. The molecule has 1 aliphatic carbocycles. The lowest BCUT2D eigenvalue weighted by atomic mass is 9.97. The fourth-order valence-corrected chi connectivity index (χ4v) is 3.14. The van der Waals surface area contributed by atoms with Gasteiger partial charge in [0.05, 0.1) is 16.8 Å². The van der Waals surface area contributed by atoms with Gasteiger partial charge in [0.2, 0.25) is 0 Å². The Morgan fingerprint density at radius 2 is 1.96 bits per heavy atom. The Kier molecular flexibility index (Phi) is 4.49. The fraction of sp³-hybridized carbons (Fsp3) is 0.412. The van der Waals surface area contributed by atoms with E-state index in [1.807, 2.05) is 0 Å². The van der Waals surface area contributed by atoms with Crippen molar-refractivity contribution in [1.29, 1.82) is 0 Å². The Morgan fingerprint density at radius 3 is 2.67 bits per heavy atom.